The van der Waals surface area contributed by atoms with E-state index >= 15 is 0 Å². The number of hydrogen-bond donors (Lipinski definition) is 1. The third-order valence-corrected chi connectivity index (χ3v) is 3.43. The first kappa shape index (κ1) is 13.6. The Labute approximate surface area is 110 Å². The standard InChI is InChI=1S/C16H24O2/c1-16(2,3)11-13(17)10-15-14-7-5-4-6-12(14)8-9-18-15/h4-7,13,15,17H,8-11H2,1-3H3. The fourth-order valence-electron chi connectivity index (χ4n) is 2.71. The largest absolute Gasteiger partial charge is 0.393 e. The van der Waals surface area contributed by atoms with Crippen LogP contribution in [0, 0.1) is 5.41 Å². The van der Waals surface area contributed by atoms with E-state index < -0.39 is 0 Å². The highest BCUT2D eigenvalue weighted by Crippen LogP contribution is 2.33. The van der Waals surface area contributed by atoms with Gasteiger partial charge in [0.05, 0.1) is 18.8 Å². The molecule has 1 aromatic carbocycles. The fourth-order valence-corrected chi connectivity index (χ4v) is 2.71. The third-order valence-electron chi connectivity index (χ3n) is 3.43. The maximum atomic E-state index is 10.2. The molecule has 2 unspecified atom stereocenters. The highest BCUT2D eigenvalue weighted by atomic mass is 16.5. The first-order valence-electron chi connectivity index (χ1n) is 6.83. The maximum Gasteiger partial charge on any atom is 0.0852 e. The summed E-state index contributed by atoms with van der Waals surface area (Å²) in [7, 11) is 0. The second-order valence-corrected chi connectivity index (χ2v) is 6.46. The van der Waals surface area contributed by atoms with Gasteiger partial charge >= 0.3 is 0 Å². The van der Waals surface area contributed by atoms with Crippen molar-refractivity contribution in [1.82, 2.24) is 0 Å². The van der Waals surface area contributed by atoms with Crippen molar-refractivity contribution in [3.63, 3.8) is 0 Å². The summed E-state index contributed by atoms with van der Waals surface area (Å²) in [5.74, 6) is 0. The normalized spacial score (nSPS) is 21.4. The van der Waals surface area contributed by atoms with Crippen molar-refractivity contribution in [3.05, 3.63) is 35.4 Å². The fraction of sp³-hybridized carbons (Fsp3) is 0.625. The zero-order chi connectivity index (χ0) is 13.2. The lowest BCUT2D eigenvalue weighted by atomic mass is 9.86. The average Bonchev–Trinajstić information content (AvgIpc) is 2.27. The summed E-state index contributed by atoms with van der Waals surface area (Å²) >= 11 is 0. The van der Waals surface area contributed by atoms with E-state index in [0.717, 1.165) is 19.4 Å². The van der Waals surface area contributed by atoms with Crippen LogP contribution in [0.15, 0.2) is 24.3 Å². The van der Waals surface area contributed by atoms with E-state index in [2.05, 4.69) is 45.0 Å². The summed E-state index contributed by atoms with van der Waals surface area (Å²) in [6.45, 7) is 7.24. The Hall–Kier alpha value is -0.860. The van der Waals surface area contributed by atoms with Gasteiger partial charge in [-0.1, -0.05) is 45.0 Å². The highest BCUT2D eigenvalue weighted by molar-refractivity contribution is 5.30. The zero-order valence-corrected chi connectivity index (χ0v) is 11.6. The SMILES string of the molecule is CC(C)(C)CC(O)CC1OCCc2ccccc21. The Morgan fingerprint density at radius 2 is 2.06 bits per heavy atom. The molecule has 2 rings (SSSR count). The van der Waals surface area contributed by atoms with Crippen LogP contribution in [0.25, 0.3) is 0 Å². The molecular weight excluding hydrogens is 224 g/mol. The van der Waals surface area contributed by atoms with Crippen molar-refractivity contribution in [2.24, 2.45) is 5.41 Å². The number of aliphatic hydroxyl groups excluding tert-OH is 1. The van der Waals surface area contributed by atoms with E-state index in [-0.39, 0.29) is 17.6 Å². The Bertz CT molecular complexity index is 392. The molecule has 0 radical (unpaired) electrons. The number of fused-ring (bicyclic) bond motifs is 1. The Morgan fingerprint density at radius 1 is 1.33 bits per heavy atom. The Kier molecular flexibility index (Phi) is 4.08. The van der Waals surface area contributed by atoms with Crippen molar-refractivity contribution in [2.45, 2.75) is 52.2 Å². The maximum absolute atomic E-state index is 10.2. The van der Waals surface area contributed by atoms with E-state index in [4.69, 9.17) is 4.74 Å². The predicted octanol–water partition coefficient (Wildman–Crippen LogP) is 3.49. The molecule has 0 aliphatic carbocycles. The van der Waals surface area contributed by atoms with Gasteiger partial charge in [0.1, 0.15) is 0 Å². The highest BCUT2D eigenvalue weighted by Gasteiger charge is 2.25. The van der Waals surface area contributed by atoms with Gasteiger partial charge in [0, 0.05) is 6.42 Å². The quantitative estimate of drug-likeness (QED) is 0.887. The van der Waals surface area contributed by atoms with Gasteiger partial charge in [0.2, 0.25) is 0 Å². The van der Waals surface area contributed by atoms with E-state index in [1.807, 2.05) is 0 Å². The lowest BCUT2D eigenvalue weighted by Gasteiger charge is -2.30. The summed E-state index contributed by atoms with van der Waals surface area (Å²) in [4.78, 5) is 0. The van der Waals surface area contributed by atoms with Crippen LogP contribution in [0.1, 0.15) is 50.8 Å². The predicted molar refractivity (Wildman–Crippen MR) is 73.5 cm³/mol. The van der Waals surface area contributed by atoms with Gasteiger partial charge < -0.3 is 9.84 Å². The molecule has 0 saturated heterocycles. The molecule has 0 bridgehead atoms. The molecule has 0 amide bonds. The van der Waals surface area contributed by atoms with Crippen molar-refractivity contribution in [3.8, 4) is 0 Å². The molecule has 0 fully saturated rings. The zero-order valence-electron chi connectivity index (χ0n) is 11.6. The van der Waals surface area contributed by atoms with Gasteiger partial charge in [-0.3, -0.25) is 0 Å². The van der Waals surface area contributed by atoms with Gasteiger partial charge in [0.25, 0.3) is 0 Å². The van der Waals surface area contributed by atoms with Gasteiger partial charge in [-0.05, 0) is 29.4 Å². The first-order valence-corrected chi connectivity index (χ1v) is 6.83. The minimum atomic E-state index is -0.291. The number of ether oxygens (including phenoxy) is 1. The number of aliphatic hydroxyl groups is 1. The Morgan fingerprint density at radius 3 is 2.78 bits per heavy atom. The van der Waals surface area contributed by atoms with Crippen molar-refractivity contribution in [2.75, 3.05) is 6.61 Å². The molecule has 0 saturated carbocycles. The second kappa shape index (κ2) is 5.41. The molecule has 0 aromatic heterocycles. The van der Waals surface area contributed by atoms with E-state index in [1.54, 1.807) is 0 Å². The van der Waals surface area contributed by atoms with Crippen LogP contribution < -0.4 is 0 Å². The first-order chi connectivity index (χ1) is 8.46. The smallest absolute Gasteiger partial charge is 0.0852 e. The van der Waals surface area contributed by atoms with Gasteiger partial charge in [-0.25, -0.2) is 0 Å². The van der Waals surface area contributed by atoms with E-state index in [1.165, 1.54) is 11.1 Å². The second-order valence-electron chi connectivity index (χ2n) is 6.46. The molecule has 1 heterocycles. The van der Waals surface area contributed by atoms with Crippen LogP contribution in [-0.2, 0) is 11.2 Å². The van der Waals surface area contributed by atoms with Crippen LogP contribution in [-0.4, -0.2) is 17.8 Å². The van der Waals surface area contributed by atoms with E-state index in [9.17, 15) is 5.11 Å². The Balaban J connectivity index is 2.03. The number of rotatable bonds is 3. The van der Waals surface area contributed by atoms with E-state index in [0.29, 0.717) is 6.42 Å². The molecule has 2 heteroatoms. The topological polar surface area (TPSA) is 29.5 Å². The van der Waals surface area contributed by atoms with Gasteiger partial charge in [-0.15, -0.1) is 0 Å². The van der Waals surface area contributed by atoms with Crippen LogP contribution >= 0.6 is 0 Å². The molecule has 2 nitrogen and oxygen atoms in total. The van der Waals surface area contributed by atoms with Gasteiger partial charge in [0.15, 0.2) is 0 Å². The minimum Gasteiger partial charge on any atom is -0.393 e. The molecule has 0 spiro atoms. The molecule has 1 aromatic rings. The van der Waals surface area contributed by atoms with Crippen molar-refractivity contribution in [1.29, 1.82) is 0 Å². The molecule has 1 aliphatic rings. The van der Waals surface area contributed by atoms with Crippen molar-refractivity contribution >= 4 is 0 Å². The summed E-state index contributed by atoms with van der Waals surface area (Å²) in [5.41, 5.74) is 2.79. The minimum absolute atomic E-state index is 0.0623. The van der Waals surface area contributed by atoms with Crippen LogP contribution in [0.5, 0.6) is 0 Å². The summed E-state index contributed by atoms with van der Waals surface area (Å²) in [6.07, 6.45) is 2.28. The molecule has 100 valence electrons. The monoisotopic (exact) mass is 248 g/mol. The molecule has 1 N–H and O–H groups in total. The van der Waals surface area contributed by atoms with Crippen molar-refractivity contribution < 1.29 is 9.84 Å². The number of benzene rings is 1. The third kappa shape index (κ3) is 3.56. The van der Waals surface area contributed by atoms with Crippen LogP contribution in [0.3, 0.4) is 0 Å². The summed E-state index contributed by atoms with van der Waals surface area (Å²) in [5, 5.41) is 10.2. The molecule has 1 aliphatic heterocycles. The molecule has 2 atom stereocenters. The van der Waals surface area contributed by atoms with Crippen LogP contribution in [0.4, 0.5) is 0 Å². The summed E-state index contributed by atoms with van der Waals surface area (Å²) in [6, 6.07) is 8.42. The number of hydrogen-bond acceptors (Lipinski definition) is 2. The van der Waals surface area contributed by atoms with Crippen LogP contribution in [0.2, 0.25) is 0 Å². The van der Waals surface area contributed by atoms with Gasteiger partial charge in [-0.2, -0.15) is 0 Å². The lowest BCUT2D eigenvalue weighted by molar-refractivity contribution is -0.00490. The lowest BCUT2D eigenvalue weighted by Crippen LogP contribution is -2.24. The summed E-state index contributed by atoms with van der Waals surface area (Å²) < 4.78 is 5.83. The molecular formula is C16H24O2. The molecule has 18 heavy (non-hydrogen) atoms. The average molecular weight is 248 g/mol.